The standard InChI is InChI=1S/C50H102O12/c1-3-5-7-9-11-13-15-16-18-20-22-24-26-28-52-30-32-54-34-36-56-38-40-58-42-44-60-46-48-62-50-49-61-47-45-59-43-41-57-39-37-55-35-33-53-31-29-51-27-25-23-21-19-17-14-12-10-8-6-4-2/h3-50H2,1-2H3. The molecule has 0 aliphatic heterocycles. The molecule has 0 rings (SSSR count). The van der Waals surface area contributed by atoms with E-state index in [1.165, 1.54) is 141 Å². The van der Waals surface area contributed by atoms with Crippen LogP contribution in [0.5, 0.6) is 0 Å². The van der Waals surface area contributed by atoms with Gasteiger partial charge in [0.15, 0.2) is 0 Å². The minimum absolute atomic E-state index is 0.523. The fraction of sp³-hybridized carbons (Fsp3) is 1.00. The van der Waals surface area contributed by atoms with Crippen LogP contribution in [0, 0.1) is 0 Å². The highest BCUT2D eigenvalue weighted by Crippen LogP contribution is 2.13. The van der Waals surface area contributed by atoms with Gasteiger partial charge < -0.3 is 56.8 Å². The zero-order valence-electron chi connectivity index (χ0n) is 40.8. The highest BCUT2D eigenvalue weighted by Gasteiger charge is 1.99. The first-order valence-corrected chi connectivity index (χ1v) is 25.8. The molecule has 0 atom stereocenters. The topological polar surface area (TPSA) is 111 Å². The summed E-state index contributed by atoms with van der Waals surface area (Å²) in [5.41, 5.74) is 0. The Kier molecular flexibility index (Phi) is 60.1. The Hall–Kier alpha value is -0.480. The third kappa shape index (κ3) is 59.5. The number of hydrogen-bond donors (Lipinski definition) is 0. The van der Waals surface area contributed by atoms with E-state index in [-0.39, 0.29) is 0 Å². The Balaban J connectivity index is 3.06. The lowest BCUT2D eigenvalue weighted by Crippen LogP contribution is -2.15. The highest BCUT2D eigenvalue weighted by molar-refractivity contribution is 4.50. The second-order valence-electron chi connectivity index (χ2n) is 16.1. The van der Waals surface area contributed by atoms with Gasteiger partial charge in [-0.3, -0.25) is 0 Å². The maximum atomic E-state index is 5.69. The van der Waals surface area contributed by atoms with Gasteiger partial charge in [0.25, 0.3) is 0 Å². The van der Waals surface area contributed by atoms with Crippen LogP contribution in [-0.4, -0.2) is 159 Å². The molecule has 0 spiro atoms. The molecular formula is C50H102O12. The van der Waals surface area contributed by atoms with E-state index in [1.807, 2.05) is 0 Å². The fourth-order valence-electron chi connectivity index (χ4n) is 6.61. The SMILES string of the molecule is CCCCCCCCCCCCCCCOCCOCCOCCOCCOCCOCCOCCOCCOCCOCCOCCOCCCCCCCCCCCCC. The summed E-state index contributed by atoms with van der Waals surface area (Å²) in [6.07, 6.45) is 32.7. The van der Waals surface area contributed by atoms with Crippen LogP contribution < -0.4 is 0 Å². The van der Waals surface area contributed by atoms with Crippen LogP contribution in [0.2, 0.25) is 0 Å². The third-order valence-electron chi connectivity index (χ3n) is 10.4. The van der Waals surface area contributed by atoms with E-state index in [0.29, 0.717) is 145 Å². The molecule has 0 aliphatic carbocycles. The lowest BCUT2D eigenvalue weighted by molar-refractivity contribution is -0.0284. The summed E-state index contributed by atoms with van der Waals surface area (Å²) in [6, 6.07) is 0. The zero-order valence-corrected chi connectivity index (χ0v) is 40.8. The minimum Gasteiger partial charge on any atom is -0.379 e. The number of ether oxygens (including phenoxy) is 12. The van der Waals surface area contributed by atoms with Gasteiger partial charge in [-0.1, -0.05) is 155 Å². The average molecular weight is 895 g/mol. The lowest BCUT2D eigenvalue weighted by atomic mass is 10.0. The monoisotopic (exact) mass is 895 g/mol. The second-order valence-corrected chi connectivity index (χ2v) is 16.1. The molecule has 0 aromatic rings. The summed E-state index contributed by atoms with van der Waals surface area (Å²) in [6.45, 7) is 18.5. The van der Waals surface area contributed by atoms with Crippen molar-refractivity contribution in [3.8, 4) is 0 Å². The van der Waals surface area contributed by atoms with E-state index < -0.39 is 0 Å². The maximum Gasteiger partial charge on any atom is 0.0701 e. The van der Waals surface area contributed by atoms with Crippen molar-refractivity contribution < 1.29 is 56.8 Å². The molecule has 12 nitrogen and oxygen atoms in total. The van der Waals surface area contributed by atoms with Gasteiger partial charge in [0, 0.05) is 13.2 Å². The number of hydrogen-bond acceptors (Lipinski definition) is 12. The normalized spacial score (nSPS) is 11.7. The Morgan fingerprint density at radius 1 is 0.129 bits per heavy atom. The summed E-state index contributed by atoms with van der Waals surface area (Å²) in [4.78, 5) is 0. The predicted molar refractivity (Wildman–Crippen MR) is 252 cm³/mol. The van der Waals surface area contributed by atoms with Crippen molar-refractivity contribution in [3.05, 3.63) is 0 Å². The average Bonchev–Trinajstić information content (AvgIpc) is 3.28. The predicted octanol–water partition coefficient (Wildman–Crippen LogP) is 10.6. The Labute approximate surface area is 382 Å². The van der Waals surface area contributed by atoms with Gasteiger partial charge >= 0.3 is 0 Å². The van der Waals surface area contributed by atoms with Gasteiger partial charge in [-0.25, -0.2) is 0 Å². The first kappa shape index (κ1) is 61.5. The van der Waals surface area contributed by atoms with Gasteiger partial charge in [0.2, 0.25) is 0 Å². The van der Waals surface area contributed by atoms with Gasteiger partial charge in [-0.15, -0.1) is 0 Å². The van der Waals surface area contributed by atoms with Crippen LogP contribution in [0.1, 0.15) is 168 Å². The lowest BCUT2D eigenvalue weighted by Gasteiger charge is -2.09. The molecule has 0 fully saturated rings. The smallest absolute Gasteiger partial charge is 0.0701 e. The Morgan fingerprint density at radius 2 is 0.242 bits per heavy atom. The van der Waals surface area contributed by atoms with Crippen LogP contribution in [0.4, 0.5) is 0 Å². The van der Waals surface area contributed by atoms with Crippen molar-refractivity contribution in [1.82, 2.24) is 0 Å². The van der Waals surface area contributed by atoms with Gasteiger partial charge in [-0.05, 0) is 12.8 Å². The molecule has 0 N–H and O–H groups in total. The molecular weight excluding hydrogens is 793 g/mol. The summed E-state index contributed by atoms with van der Waals surface area (Å²) < 4.78 is 66.9. The molecule has 0 saturated heterocycles. The van der Waals surface area contributed by atoms with E-state index in [1.54, 1.807) is 0 Å². The van der Waals surface area contributed by atoms with Crippen molar-refractivity contribution in [2.75, 3.05) is 159 Å². The van der Waals surface area contributed by atoms with Crippen LogP contribution in [-0.2, 0) is 56.8 Å². The first-order valence-electron chi connectivity index (χ1n) is 25.8. The van der Waals surface area contributed by atoms with Gasteiger partial charge in [0.05, 0.1) is 145 Å². The molecule has 12 heteroatoms. The number of rotatable bonds is 59. The third-order valence-corrected chi connectivity index (χ3v) is 10.4. The van der Waals surface area contributed by atoms with E-state index in [9.17, 15) is 0 Å². The molecule has 0 radical (unpaired) electrons. The molecule has 374 valence electrons. The summed E-state index contributed by atoms with van der Waals surface area (Å²) >= 11 is 0. The molecule has 0 aromatic carbocycles. The minimum atomic E-state index is 0.523. The summed E-state index contributed by atoms with van der Waals surface area (Å²) in [5.74, 6) is 0. The van der Waals surface area contributed by atoms with Crippen LogP contribution >= 0.6 is 0 Å². The van der Waals surface area contributed by atoms with Crippen LogP contribution in [0.3, 0.4) is 0 Å². The van der Waals surface area contributed by atoms with Crippen LogP contribution in [0.15, 0.2) is 0 Å². The molecule has 62 heavy (non-hydrogen) atoms. The van der Waals surface area contributed by atoms with E-state index in [4.69, 9.17) is 56.8 Å². The molecule has 0 unspecified atom stereocenters. The molecule has 0 saturated carbocycles. The van der Waals surface area contributed by atoms with Crippen molar-refractivity contribution in [3.63, 3.8) is 0 Å². The molecule has 0 bridgehead atoms. The van der Waals surface area contributed by atoms with E-state index in [2.05, 4.69) is 13.8 Å². The Bertz CT molecular complexity index is 693. The van der Waals surface area contributed by atoms with E-state index in [0.717, 1.165) is 26.1 Å². The van der Waals surface area contributed by atoms with Crippen molar-refractivity contribution >= 4 is 0 Å². The molecule has 0 aliphatic rings. The molecule has 0 heterocycles. The molecule has 0 amide bonds. The van der Waals surface area contributed by atoms with E-state index >= 15 is 0 Å². The first-order chi connectivity index (χ1) is 30.9. The molecule has 0 aromatic heterocycles. The highest BCUT2D eigenvalue weighted by atomic mass is 16.6. The summed E-state index contributed by atoms with van der Waals surface area (Å²) in [5, 5.41) is 0. The summed E-state index contributed by atoms with van der Waals surface area (Å²) in [7, 11) is 0. The van der Waals surface area contributed by atoms with Crippen molar-refractivity contribution in [2.45, 2.75) is 168 Å². The number of unbranched alkanes of at least 4 members (excludes halogenated alkanes) is 22. The van der Waals surface area contributed by atoms with Gasteiger partial charge in [0.1, 0.15) is 0 Å². The van der Waals surface area contributed by atoms with Crippen molar-refractivity contribution in [2.24, 2.45) is 0 Å². The van der Waals surface area contributed by atoms with Crippen molar-refractivity contribution in [1.29, 1.82) is 0 Å². The maximum absolute atomic E-state index is 5.69. The largest absolute Gasteiger partial charge is 0.379 e. The Morgan fingerprint density at radius 3 is 0.387 bits per heavy atom. The van der Waals surface area contributed by atoms with Crippen LogP contribution in [0.25, 0.3) is 0 Å². The second kappa shape index (κ2) is 60.5. The quantitative estimate of drug-likeness (QED) is 0.0542. The fourth-order valence-corrected chi connectivity index (χ4v) is 6.61. The zero-order chi connectivity index (χ0) is 44.4. The van der Waals surface area contributed by atoms with Gasteiger partial charge in [-0.2, -0.15) is 0 Å².